The smallest absolute Gasteiger partial charge is 0.195 e. The summed E-state index contributed by atoms with van der Waals surface area (Å²) in [5.74, 6) is 2.43. The molecule has 2 N–H and O–H groups in total. The molecular weight excluding hydrogens is 481 g/mol. The summed E-state index contributed by atoms with van der Waals surface area (Å²) in [7, 11) is 5.46. The van der Waals surface area contributed by atoms with Crippen molar-refractivity contribution in [3.05, 3.63) is 54.4 Å². The largest absolute Gasteiger partial charge is 0.493 e. The first-order valence-electron chi connectivity index (χ1n) is 9.31. The van der Waals surface area contributed by atoms with Gasteiger partial charge in [0.25, 0.3) is 0 Å². The monoisotopic (exact) mass is 509 g/mol. The topological polar surface area (TPSA) is 72.7 Å². The van der Waals surface area contributed by atoms with Crippen LogP contribution in [-0.2, 0) is 18.3 Å². The summed E-state index contributed by atoms with van der Waals surface area (Å²) in [5, 5.41) is 6.60. The number of aryl methyl sites for hydroxylation is 1. The Balaban J connectivity index is 0.00000300. The van der Waals surface area contributed by atoms with Crippen LogP contribution in [0.25, 0.3) is 11.0 Å². The number of ether oxygens (including phenoxy) is 2. The van der Waals surface area contributed by atoms with Gasteiger partial charge in [-0.05, 0) is 24.3 Å². The Morgan fingerprint density at radius 2 is 1.97 bits per heavy atom. The number of nitrogens with zero attached hydrogens (tertiary/aromatic N) is 3. The number of anilines is 1. The first-order chi connectivity index (χ1) is 13.7. The minimum atomic E-state index is 0. The van der Waals surface area contributed by atoms with Gasteiger partial charge >= 0.3 is 0 Å². The van der Waals surface area contributed by atoms with Crippen molar-refractivity contribution in [2.75, 3.05) is 32.7 Å². The van der Waals surface area contributed by atoms with Gasteiger partial charge in [0.1, 0.15) is 11.6 Å². The Morgan fingerprint density at radius 1 is 1.14 bits per heavy atom. The number of guanidine groups is 1. The number of benzene rings is 2. The van der Waals surface area contributed by atoms with E-state index in [-0.39, 0.29) is 24.0 Å². The molecule has 0 aliphatic carbocycles. The number of imidazole rings is 1. The molecule has 2 aromatic carbocycles. The van der Waals surface area contributed by atoms with Gasteiger partial charge in [0.15, 0.2) is 5.96 Å². The van der Waals surface area contributed by atoms with Crippen LogP contribution in [0.2, 0.25) is 0 Å². The zero-order valence-corrected chi connectivity index (χ0v) is 19.3. The van der Waals surface area contributed by atoms with E-state index in [2.05, 4.69) is 31.2 Å². The van der Waals surface area contributed by atoms with Gasteiger partial charge in [-0.3, -0.25) is 4.99 Å². The second-order valence-corrected chi connectivity index (χ2v) is 6.35. The van der Waals surface area contributed by atoms with E-state index >= 15 is 0 Å². The molecule has 3 aromatic rings. The zero-order chi connectivity index (χ0) is 19.8. The number of fused-ring (bicyclic) bond motifs is 1. The van der Waals surface area contributed by atoms with Gasteiger partial charge in [-0.25, -0.2) is 4.98 Å². The number of hydrogen-bond acceptors (Lipinski definition) is 4. The highest BCUT2D eigenvalue weighted by Gasteiger charge is 2.08. The molecule has 0 atom stereocenters. The van der Waals surface area contributed by atoms with Gasteiger partial charge in [0, 0.05) is 46.0 Å². The molecule has 0 amide bonds. The van der Waals surface area contributed by atoms with Crippen molar-refractivity contribution in [1.29, 1.82) is 0 Å². The molecule has 0 aliphatic rings. The van der Waals surface area contributed by atoms with Crippen LogP contribution in [0.5, 0.6) is 5.75 Å². The van der Waals surface area contributed by atoms with Crippen molar-refractivity contribution in [2.24, 2.45) is 12.0 Å². The summed E-state index contributed by atoms with van der Waals surface area (Å²) >= 11 is 0. The van der Waals surface area contributed by atoms with Gasteiger partial charge in [-0.2, -0.15) is 0 Å². The van der Waals surface area contributed by atoms with Crippen molar-refractivity contribution in [2.45, 2.75) is 13.0 Å². The fourth-order valence-corrected chi connectivity index (χ4v) is 2.89. The molecule has 1 heterocycles. The normalized spacial score (nSPS) is 11.2. The number of rotatable bonds is 8. The van der Waals surface area contributed by atoms with E-state index in [9.17, 15) is 0 Å². The van der Waals surface area contributed by atoms with Crippen LogP contribution >= 0.6 is 24.0 Å². The average molecular weight is 509 g/mol. The molecule has 1 aromatic heterocycles. The second-order valence-electron chi connectivity index (χ2n) is 6.35. The molecule has 29 heavy (non-hydrogen) atoms. The lowest BCUT2D eigenvalue weighted by Crippen LogP contribution is -2.31. The van der Waals surface area contributed by atoms with Crippen LogP contribution < -0.4 is 15.4 Å². The molecule has 3 rings (SSSR count). The van der Waals surface area contributed by atoms with Crippen molar-refractivity contribution in [3.63, 3.8) is 0 Å². The number of nitrogens with one attached hydrogen (secondary N) is 2. The SMILES string of the molecule is CN=C(NCc1nc2ccccc2n1C)Nc1cccc(OCCCOC)c1.I. The molecular formula is C21H28IN5O2. The lowest BCUT2D eigenvalue weighted by Gasteiger charge is -2.13. The van der Waals surface area contributed by atoms with E-state index in [1.165, 1.54) is 0 Å². The van der Waals surface area contributed by atoms with E-state index in [1.807, 2.05) is 49.5 Å². The van der Waals surface area contributed by atoms with Crippen LogP contribution in [-0.4, -0.2) is 42.9 Å². The molecule has 0 spiro atoms. The van der Waals surface area contributed by atoms with Gasteiger partial charge in [-0.15, -0.1) is 24.0 Å². The summed E-state index contributed by atoms with van der Waals surface area (Å²) < 4.78 is 12.9. The summed E-state index contributed by atoms with van der Waals surface area (Å²) in [6.45, 7) is 1.88. The fraction of sp³-hybridized carbons (Fsp3) is 0.333. The maximum absolute atomic E-state index is 5.75. The third kappa shape index (κ3) is 6.33. The highest BCUT2D eigenvalue weighted by molar-refractivity contribution is 14.0. The Labute approximate surface area is 188 Å². The molecule has 156 valence electrons. The van der Waals surface area contributed by atoms with Crippen LogP contribution in [0.15, 0.2) is 53.5 Å². The first kappa shape index (κ1) is 23.0. The van der Waals surface area contributed by atoms with Crippen molar-refractivity contribution >= 4 is 46.7 Å². The molecule has 0 saturated heterocycles. The summed E-state index contributed by atoms with van der Waals surface area (Å²) in [5.41, 5.74) is 3.01. The van der Waals surface area contributed by atoms with E-state index < -0.39 is 0 Å². The Bertz CT molecular complexity index is 942. The van der Waals surface area contributed by atoms with Crippen LogP contribution in [0.3, 0.4) is 0 Å². The number of para-hydroxylation sites is 2. The van der Waals surface area contributed by atoms with E-state index in [4.69, 9.17) is 9.47 Å². The van der Waals surface area contributed by atoms with E-state index in [0.29, 0.717) is 25.7 Å². The number of halogens is 1. The standard InChI is InChI=1S/C21H27N5O2.HI/c1-22-21(23-15-20-25-18-10-4-5-11-19(18)26(20)2)24-16-8-6-9-17(14-16)28-13-7-12-27-3;/h4-6,8-11,14H,7,12-13,15H2,1-3H3,(H2,22,23,24);1H. The predicted octanol–water partition coefficient (Wildman–Crippen LogP) is 3.79. The molecule has 0 bridgehead atoms. The molecule has 0 aliphatic heterocycles. The minimum absolute atomic E-state index is 0. The van der Waals surface area contributed by atoms with Gasteiger partial charge in [0.05, 0.1) is 24.2 Å². The summed E-state index contributed by atoms with van der Waals surface area (Å²) in [4.78, 5) is 8.97. The fourth-order valence-electron chi connectivity index (χ4n) is 2.89. The highest BCUT2D eigenvalue weighted by atomic mass is 127. The quantitative estimate of drug-likeness (QED) is 0.209. The van der Waals surface area contributed by atoms with Crippen molar-refractivity contribution < 1.29 is 9.47 Å². The van der Waals surface area contributed by atoms with Crippen molar-refractivity contribution in [3.8, 4) is 5.75 Å². The van der Waals surface area contributed by atoms with Crippen LogP contribution in [0, 0.1) is 0 Å². The lowest BCUT2D eigenvalue weighted by molar-refractivity contribution is 0.172. The van der Waals surface area contributed by atoms with Gasteiger partial charge in [0.2, 0.25) is 0 Å². The Kier molecular flexibility index (Phi) is 9.20. The number of aromatic nitrogens is 2. The summed E-state index contributed by atoms with van der Waals surface area (Å²) in [6.07, 6.45) is 0.857. The van der Waals surface area contributed by atoms with Gasteiger partial charge < -0.3 is 24.7 Å². The molecule has 0 fully saturated rings. The summed E-state index contributed by atoms with van der Waals surface area (Å²) in [6, 6.07) is 15.9. The molecule has 7 nitrogen and oxygen atoms in total. The van der Waals surface area contributed by atoms with E-state index in [1.54, 1.807) is 14.2 Å². The molecule has 0 saturated carbocycles. The number of methoxy groups -OCH3 is 1. The Morgan fingerprint density at radius 3 is 2.72 bits per heavy atom. The van der Waals surface area contributed by atoms with Crippen LogP contribution in [0.4, 0.5) is 5.69 Å². The maximum atomic E-state index is 5.75. The number of hydrogen-bond donors (Lipinski definition) is 2. The average Bonchev–Trinajstić information content (AvgIpc) is 3.05. The molecule has 0 unspecified atom stereocenters. The lowest BCUT2D eigenvalue weighted by atomic mass is 10.3. The molecule has 8 heteroatoms. The maximum Gasteiger partial charge on any atom is 0.195 e. The third-order valence-corrected chi connectivity index (χ3v) is 4.38. The number of aliphatic imine (C=N–C) groups is 1. The van der Waals surface area contributed by atoms with Gasteiger partial charge in [-0.1, -0.05) is 18.2 Å². The Hall–Kier alpha value is -2.33. The predicted molar refractivity (Wildman–Crippen MR) is 128 cm³/mol. The van der Waals surface area contributed by atoms with Crippen molar-refractivity contribution in [1.82, 2.24) is 14.9 Å². The highest BCUT2D eigenvalue weighted by Crippen LogP contribution is 2.18. The zero-order valence-electron chi connectivity index (χ0n) is 17.0. The first-order valence-corrected chi connectivity index (χ1v) is 9.31. The van der Waals surface area contributed by atoms with E-state index in [0.717, 1.165) is 34.7 Å². The molecule has 0 radical (unpaired) electrons. The third-order valence-electron chi connectivity index (χ3n) is 4.38. The second kappa shape index (κ2) is 11.6. The minimum Gasteiger partial charge on any atom is -0.493 e. The van der Waals surface area contributed by atoms with Crippen LogP contribution in [0.1, 0.15) is 12.2 Å².